The molecule has 2 aromatic carbocycles. The molecule has 0 aromatic heterocycles. The highest BCUT2D eigenvalue weighted by atomic mass is 16.2. The van der Waals surface area contributed by atoms with Crippen LogP contribution in [0.15, 0.2) is 48.5 Å². The van der Waals surface area contributed by atoms with Crippen LogP contribution in [0.4, 0.5) is 5.69 Å². The van der Waals surface area contributed by atoms with E-state index in [2.05, 4.69) is 11.4 Å². The van der Waals surface area contributed by atoms with E-state index >= 15 is 0 Å². The Morgan fingerprint density at radius 2 is 1.80 bits per heavy atom. The first-order chi connectivity index (χ1) is 14.4. The first-order valence-electron chi connectivity index (χ1n) is 10.5. The van der Waals surface area contributed by atoms with Gasteiger partial charge in [-0.2, -0.15) is 0 Å². The molecule has 0 spiro atoms. The predicted octanol–water partition coefficient (Wildman–Crippen LogP) is 3.64. The third-order valence-corrected chi connectivity index (χ3v) is 5.64. The van der Waals surface area contributed by atoms with Crippen molar-refractivity contribution >= 4 is 23.4 Å². The lowest BCUT2D eigenvalue weighted by Crippen LogP contribution is -2.40. The molecule has 1 N–H and O–H groups in total. The van der Waals surface area contributed by atoms with Crippen molar-refractivity contribution in [2.75, 3.05) is 25.0 Å². The van der Waals surface area contributed by atoms with Gasteiger partial charge in [-0.05, 0) is 49.6 Å². The highest BCUT2D eigenvalue weighted by Crippen LogP contribution is 2.32. The van der Waals surface area contributed by atoms with Gasteiger partial charge in [0.15, 0.2) is 0 Å². The van der Waals surface area contributed by atoms with Gasteiger partial charge in [-0.1, -0.05) is 30.3 Å². The summed E-state index contributed by atoms with van der Waals surface area (Å²) in [7, 11) is 0. The maximum absolute atomic E-state index is 12.8. The molecule has 158 valence electrons. The minimum Gasteiger partial charge on any atom is -0.339 e. The van der Waals surface area contributed by atoms with Crippen LogP contribution < -0.4 is 5.32 Å². The number of hydrogen-bond donors (Lipinski definition) is 1. The largest absolute Gasteiger partial charge is 0.339 e. The van der Waals surface area contributed by atoms with E-state index in [4.69, 9.17) is 0 Å². The Bertz CT molecular complexity index is 937. The molecule has 0 radical (unpaired) electrons. The molecule has 1 unspecified atom stereocenters. The fourth-order valence-corrected chi connectivity index (χ4v) is 4.06. The molecular weight excluding hydrogens is 378 g/mol. The Hall–Kier alpha value is -3.15. The fraction of sp³-hybridized carbons (Fsp3) is 0.375. The molecule has 0 saturated carbocycles. The molecule has 6 heteroatoms. The second-order valence-electron chi connectivity index (χ2n) is 7.49. The van der Waals surface area contributed by atoms with Crippen LogP contribution in [-0.4, -0.2) is 47.2 Å². The van der Waals surface area contributed by atoms with Crippen LogP contribution in [0.25, 0.3) is 0 Å². The Morgan fingerprint density at radius 3 is 2.50 bits per heavy atom. The Balaban J connectivity index is 1.76. The summed E-state index contributed by atoms with van der Waals surface area (Å²) in [4.78, 5) is 41.1. The number of benzene rings is 2. The zero-order valence-electron chi connectivity index (χ0n) is 17.9. The number of carbonyl (C=O) groups is 3. The summed E-state index contributed by atoms with van der Waals surface area (Å²) in [6.07, 6.45) is 0.966. The summed E-state index contributed by atoms with van der Waals surface area (Å²) in [6.45, 7) is 7.30. The number of amides is 3. The van der Waals surface area contributed by atoms with Crippen molar-refractivity contribution in [1.82, 2.24) is 9.80 Å². The van der Waals surface area contributed by atoms with E-state index in [0.29, 0.717) is 30.9 Å². The monoisotopic (exact) mass is 407 g/mol. The van der Waals surface area contributed by atoms with Gasteiger partial charge in [0.1, 0.15) is 0 Å². The Labute approximate surface area is 177 Å². The number of anilines is 1. The smallest absolute Gasteiger partial charge is 0.253 e. The number of carbonyl (C=O) groups excluding carboxylic acids is 3. The summed E-state index contributed by atoms with van der Waals surface area (Å²) in [5.74, 6) is -0.274. The van der Waals surface area contributed by atoms with Crippen LogP contribution >= 0.6 is 0 Å². The Kier molecular flexibility index (Phi) is 6.87. The first kappa shape index (κ1) is 21.6. The van der Waals surface area contributed by atoms with Crippen molar-refractivity contribution in [2.24, 2.45) is 0 Å². The number of nitrogens with one attached hydrogen (secondary N) is 1. The highest BCUT2D eigenvalue weighted by molar-refractivity contribution is 5.97. The molecule has 6 nitrogen and oxygen atoms in total. The van der Waals surface area contributed by atoms with E-state index in [-0.39, 0.29) is 30.2 Å². The summed E-state index contributed by atoms with van der Waals surface area (Å²) in [6, 6.07) is 14.7. The molecule has 1 atom stereocenters. The van der Waals surface area contributed by atoms with Crippen LogP contribution in [0, 0.1) is 0 Å². The van der Waals surface area contributed by atoms with Crippen LogP contribution in [0.5, 0.6) is 0 Å². The van der Waals surface area contributed by atoms with Crippen molar-refractivity contribution in [2.45, 2.75) is 39.7 Å². The van der Waals surface area contributed by atoms with Gasteiger partial charge in [0.2, 0.25) is 11.8 Å². The van der Waals surface area contributed by atoms with Crippen LogP contribution in [-0.2, 0) is 16.0 Å². The lowest BCUT2D eigenvalue weighted by Gasteiger charge is -2.36. The molecule has 0 saturated heterocycles. The summed E-state index contributed by atoms with van der Waals surface area (Å²) >= 11 is 0. The third-order valence-electron chi connectivity index (χ3n) is 5.64. The maximum atomic E-state index is 12.8. The second-order valence-corrected chi connectivity index (χ2v) is 7.49. The highest BCUT2D eigenvalue weighted by Gasteiger charge is 2.30. The van der Waals surface area contributed by atoms with Gasteiger partial charge in [-0.3, -0.25) is 14.4 Å². The molecule has 0 aliphatic carbocycles. The normalized spacial score (nSPS) is 15.3. The van der Waals surface area contributed by atoms with Crippen molar-refractivity contribution in [1.29, 1.82) is 0 Å². The SMILES string of the molecule is CCN(CC)C(=O)c1cccc(NC(=O)CC2c3ccccc3CCN2C(C)=O)c1. The zero-order valence-corrected chi connectivity index (χ0v) is 17.9. The van der Waals surface area contributed by atoms with Crippen LogP contribution in [0.1, 0.15) is 54.7 Å². The van der Waals surface area contributed by atoms with Gasteiger partial charge in [0.25, 0.3) is 5.91 Å². The van der Waals surface area contributed by atoms with E-state index in [9.17, 15) is 14.4 Å². The average molecular weight is 408 g/mol. The van der Waals surface area contributed by atoms with E-state index in [0.717, 1.165) is 12.0 Å². The fourth-order valence-electron chi connectivity index (χ4n) is 4.06. The standard InChI is InChI=1S/C24H29N3O3/c1-4-26(5-2)24(30)19-10-8-11-20(15-19)25-23(29)16-22-21-12-7-6-9-18(21)13-14-27(22)17(3)28/h6-12,15,22H,4-5,13-14,16H2,1-3H3,(H,25,29). The van der Waals surface area contributed by atoms with E-state index in [1.165, 1.54) is 5.56 Å². The number of nitrogens with zero attached hydrogens (tertiary/aromatic N) is 2. The summed E-state index contributed by atoms with van der Waals surface area (Å²) in [5.41, 5.74) is 3.33. The lowest BCUT2D eigenvalue weighted by molar-refractivity contribution is -0.132. The molecule has 1 heterocycles. The van der Waals surface area contributed by atoms with Crippen molar-refractivity contribution in [3.8, 4) is 0 Å². The number of fused-ring (bicyclic) bond motifs is 1. The van der Waals surface area contributed by atoms with Crippen LogP contribution in [0.3, 0.4) is 0 Å². The molecule has 1 aliphatic rings. The quantitative estimate of drug-likeness (QED) is 0.795. The van der Waals surface area contributed by atoms with Crippen molar-refractivity contribution in [3.63, 3.8) is 0 Å². The molecule has 30 heavy (non-hydrogen) atoms. The van der Waals surface area contributed by atoms with Gasteiger partial charge in [-0.25, -0.2) is 0 Å². The molecule has 0 fully saturated rings. The minimum atomic E-state index is -0.284. The molecule has 1 aliphatic heterocycles. The molecule has 3 rings (SSSR count). The van der Waals surface area contributed by atoms with Gasteiger partial charge < -0.3 is 15.1 Å². The maximum Gasteiger partial charge on any atom is 0.253 e. The zero-order chi connectivity index (χ0) is 21.7. The average Bonchev–Trinajstić information content (AvgIpc) is 2.74. The van der Waals surface area contributed by atoms with E-state index < -0.39 is 0 Å². The van der Waals surface area contributed by atoms with Crippen molar-refractivity contribution in [3.05, 3.63) is 65.2 Å². The second kappa shape index (κ2) is 9.57. The van der Waals surface area contributed by atoms with E-state index in [1.807, 2.05) is 32.0 Å². The first-order valence-corrected chi connectivity index (χ1v) is 10.5. The van der Waals surface area contributed by atoms with Gasteiger partial charge >= 0.3 is 0 Å². The minimum absolute atomic E-state index is 0.0332. The number of hydrogen-bond acceptors (Lipinski definition) is 3. The van der Waals surface area contributed by atoms with Gasteiger partial charge in [0.05, 0.1) is 12.5 Å². The summed E-state index contributed by atoms with van der Waals surface area (Å²) < 4.78 is 0. The molecular formula is C24H29N3O3. The summed E-state index contributed by atoms with van der Waals surface area (Å²) in [5, 5.41) is 2.90. The van der Waals surface area contributed by atoms with Gasteiger partial charge in [-0.15, -0.1) is 0 Å². The third kappa shape index (κ3) is 4.70. The molecule has 3 amide bonds. The van der Waals surface area contributed by atoms with E-state index in [1.54, 1.807) is 41.0 Å². The topological polar surface area (TPSA) is 69.7 Å². The number of rotatable bonds is 6. The van der Waals surface area contributed by atoms with Crippen LogP contribution in [0.2, 0.25) is 0 Å². The predicted molar refractivity (Wildman–Crippen MR) is 117 cm³/mol. The van der Waals surface area contributed by atoms with Gasteiger partial charge in [0, 0.05) is 37.8 Å². The molecule has 2 aromatic rings. The lowest BCUT2D eigenvalue weighted by atomic mass is 9.90. The molecule has 0 bridgehead atoms. The van der Waals surface area contributed by atoms with Crippen molar-refractivity contribution < 1.29 is 14.4 Å². The Morgan fingerprint density at radius 1 is 1.07 bits per heavy atom.